The van der Waals surface area contributed by atoms with Crippen LogP contribution in [0.5, 0.6) is 0 Å². The first-order valence-corrected chi connectivity index (χ1v) is 7.10. The lowest BCUT2D eigenvalue weighted by Crippen LogP contribution is -2.56. The number of hydrogen-bond acceptors (Lipinski definition) is 4. The predicted molar refractivity (Wildman–Crippen MR) is 74.5 cm³/mol. The number of methoxy groups -OCH3 is 2. The summed E-state index contributed by atoms with van der Waals surface area (Å²) in [7, 11) is 3.38. The molecule has 0 aromatic carbocycles. The van der Waals surface area contributed by atoms with E-state index in [2.05, 4.69) is 18.7 Å². The zero-order chi connectivity index (χ0) is 13.6. The highest BCUT2D eigenvalue weighted by molar-refractivity contribution is 4.90. The molecule has 1 atom stereocenters. The molecule has 0 aliphatic carbocycles. The standard InChI is InChI=1S/C14H30N2O2/c1-5-12-6-8-16(9-7-12)14(2,11-15)10-13(17-3)18-4/h12-13H,5-11,15H2,1-4H3. The fourth-order valence-electron chi connectivity index (χ4n) is 2.84. The van der Waals surface area contributed by atoms with E-state index in [-0.39, 0.29) is 11.8 Å². The third-order valence-corrected chi connectivity index (χ3v) is 4.53. The third-order valence-electron chi connectivity index (χ3n) is 4.53. The number of ether oxygens (including phenoxy) is 2. The van der Waals surface area contributed by atoms with Crippen molar-refractivity contribution in [2.24, 2.45) is 11.7 Å². The Morgan fingerprint density at radius 1 is 1.28 bits per heavy atom. The summed E-state index contributed by atoms with van der Waals surface area (Å²) in [6.07, 6.45) is 4.54. The SMILES string of the molecule is CCC1CCN(C(C)(CN)CC(OC)OC)CC1. The summed E-state index contributed by atoms with van der Waals surface area (Å²) in [5.41, 5.74) is 5.99. The summed E-state index contributed by atoms with van der Waals surface area (Å²) in [6.45, 7) is 7.45. The van der Waals surface area contributed by atoms with Gasteiger partial charge in [-0.15, -0.1) is 0 Å². The number of likely N-dealkylation sites (tertiary alicyclic amines) is 1. The summed E-state index contributed by atoms with van der Waals surface area (Å²) >= 11 is 0. The second-order valence-corrected chi connectivity index (χ2v) is 5.64. The average Bonchev–Trinajstić information content (AvgIpc) is 2.44. The van der Waals surface area contributed by atoms with Gasteiger partial charge in [0.15, 0.2) is 6.29 Å². The summed E-state index contributed by atoms with van der Waals surface area (Å²) in [5.74, 6) is 0.893. The molecule has 1 unspecified atom stereocenters. The van der Waals surface area contributed by atoms with Crippen LogP contribution >= 0.6 is 0 Å². The van der Waals surface area contributed by atoms with Crippen molar-refractivity contribution in [3.8, 4) is 0 Å². The first-order valence-electron chi connectivity index (χ1n) is 7.10. The Labute approximate surface area is 112 Å². The van der Waals surface area contributed by atoms with Crippen molar-refractivity contribution in [2.75, 3.05) is 33.9 Å². The van der Waals surface area contributed by atoms with Crippen molar-refractivity contribution < 1.29 is 9.47 Å². The van der Waals surface area contributed by atoms with Gasteiger partial charge in [0.2, 0.25) is 0 Å². The van der Waals surface area contributed by atoms with E-state index in [1.807, 2.05) is 0 Å². The molecule has 1 saturated heterocycles. The minimum atomic E-state index is -0.164. The molecule has 0 amide bonds. The van der Waals surface area contributed by atoms with Gasteiger partial charge in [0.05, 0.1) is 0 Å². The predicted octanol–water partition coefficient (Wildman–Crippen LogP) is 1.83. The third kappa shape index (κ3) is 3.92. The molecule has 0 spiro atoms. The van der Waals surface area contributed by atoms with Crippen molar-refractivity contribution in [2.45, 2.75) is 51.4 Å². The zero-order valence-electron chi connectivity index (χ0n) is 12.4. The van der Waals surface area contributed by atoms with Gasteiger partial charge >= 0.3 is 0 Å². The Balaban J connectivity index is 2.58. The fraction of sp³-hybridized carbons (Fsp3) is 1.00. The van der Waals surface area contributed by atoms with E-state index in [4.69, 9.17) is 15.2 Å². The molecule has 0 bridgehead atoms. The molecule has 2 N–H and O–H groups in total. The molecule has 0 aromatic rings. The molecule has 1 fully saturated rings. The molecule has 1 rings (SSSR count). The first-order chi connectivity index (χ1) is 8.59. The topological polar surface area (TPSA) is 47.7 Å². The van der Waals surface area contributed by atoms with E-state index in [0.717, 1.165) is 25.4 Å². The molecule has 0 radical (unpaired) electrons. The Morgan fingerprint density at radius 3 is 2.22 bits per heavy atom. The van der Waals surface area contributed by atoms with Crippen LogP contribution in [-0.2, 0) is 9.47 Å². The van der Waals surface area contributed by atoms with Gasteiger partial charge in [-0.3, -0.25) is 4.90 Å². The molecule has 0 saturated carbocycles. The Morgan fingerprint density at radius 2 is 1.83 bits per heavy atom. The smallest absolute Gasteiger partial charge is 0.158 e. The van der Waals surface area contributed by atoms with Gasteiger partial charge in [-0.25, -0.2) is 0 Å². The van der Waals surface area contributed by atoms with Crippen LogP contribution in [0.15, 0.2) is 0 Å². The van der Waals surface area contributed by atoms with Crippen LogP contribution in [-0.4, -0.2) is 50.6 Å². The van der Waals surface area contributed by atoms with Gasteiger partial charge in [0.25, 0.3) is 0 Å². The van der Waals surface area contributed by atoms with E-state index in [0.29, 0.717) is 6.54 Å². The second kappa shape index (κ2) is 7.43. The lowest BCUT2D eigenvalue weighted by atomic mass is 9.88. The quantitative estimate of drug-likeness (QED) is 0.708. The molecule has 108 valence electrons. The van der Waals surface area contributed by atoms with E-state index >= 15 is 0 Å². The lowest BCUT2D eigenvalue weighted by Gasteiger charge is -2.45. The Hall–Kier alpha value is -0.160. The van der Waals surface area contributed by atoms with Crippen LogP contribution < -0.4 is 5.73 Å². The van der Waals surface area contributed by atoms with Gasteiger partial charge in [-0.2, -0.15) is 0 Å². The maximum absolute atomic E-state index is 6.01. The Bertz CT molecular complexity index is 226. The van der Waals surface area contributed by atoms with Gasteiger partial charge in [-0.05, 0) is 38.8 Å². The second-order valence-electron chi connectivity index (χ2n) is 5.64. The number of nitrogens with two attached hydrogens (primary N) is 1. The maximum Gasteiger partial charge on any atom is 0.158 e. The average molecular weight is 258 g/mol. The molecule has 4 nitrogen and oxygen atoms in total. The molecule has 1 aliphatic rings. The van der Waals surface area contributed by atoms with Crippen LogP contribution in [0.3, 0.4) is 0 Å². The van der Waals surface area contributed by atoms with Crippen molar-refractivity contribution in [3.63, 3.8) is 0 Å². The fourth-order valence-corrected chi connectivity index (χ4v) is 2.84. The van der Waals surface area contributed by atoms with Crippen molar-refractivity contribution >= 4 is 0 Å². The minimum absolute atomic E-state index is 0.0185. The summed E-state index contributed by atoms with van der Waals surface area (Å²) in [5, 5.41) is 0. The number of hydrogen-bond donors (Lipinski definition) is 1. The van der Waals surface area contributed by atoms with Crippen LogP contribution in [0.2, 0.25) is 0 Å². The Kier molecular flexibility index (Phi) is 6.57. The monoisotopic (exact) mass is 258 g/mol. The van der Waals surface area contributed by atoms with Crippen LogP contribution in [0.25, 0.3) is 0 Å². The molecule has 1 heterocycles. The number of piperidine rings is 1. The van der Waals surface area contributed by atoms with Crippen molar-refractivity contribution in [1.82, 2.24) is 4.90 Å². The highest BCUT2D eigenvalue weighted by Gasteiger charge is 2.35. The maximum atomic E-state index is 6.01. The molecule has 1 aliphatic heterocycles. The van der Waals surface area contributed by atoms with E-state index < -0.39 is 0 Å². The molecular formula is C14H30N2O2. The van der Waals surface area contributed by atoms with Gasteiger partial charge in [0.1, 0.15) is 0 Å². The van der Waals surface area contributed by atoms with E-state index in [1.54, 1.807) is 14.2 Å². The van der Waals surface area contributed by atoms with Crippen molar-refractivity contribution in [3.05, 3.63) is 0 Å². The normalized spacial score (nSPS) is 22.3. The van der Waals surface area contributed by atoms with Crippen LogP contribution in [0.4, 0.5) is 0 Å². The van der Waals surface area contributed by atoms with Crippen molar-refractivity contribution in [1.29, 1.82) is 0 Å². The molecule has 4 heteroatoms. The largest absolute Gasteiger partial charge is 0.356 e. The summed E-state index contributed by atoms with van der Waals surface area (Å²) in [4.78, 5) is 2.52. The lowest BCUT2D eigenvalue weighted by molar-refractivity contribution is -0.130. The summed E-state index contributed by atoms with van der Waals surface area (Å²) in [6, 6.07) is 0. The van der Waals surface area contributed by atoms with Gasteiger partial charge < -0.3 is 15.2 Å². The number of rotatable bonds is 7. The zero-order valence-corrected chi connectivity index (χ0v) is 12.4. The van der Waals surface area contributed by atoms with Crippen LogP contribution in [0, 0.1) is 5.92 Å². The first kappa shape index (κ1) is 15.9. The highest BCUT2D eigenvalue weighted by atomic mass is 16.7. The number of nitrogens with zero attached hydrogens (tertiary/aromatic N) is 1. The van der Waals surface area contributed by atoms with Crippen LogP contribution in [0.1, 0.15) is 39.5 Å². The van der Waals surface area contributed by atoms with E-state index in [9.17, 15) is 0 Å². The molecular weight excluding hydrogens is 228 g/mol. The minimum Gasteiger partial charge on any atom is -0.356 e. The van der Waals surface area contributed by atoms with Gasteiger partial charge in [0, 0.05) is 32.7 Å². The highest BCUT2D eigenvalue weighted by Crippen LogP contribution is 2.28. The molecule has 18 heavy (non-hydrogen) atoms. The summed E-state index contributed by atoms with van der Waals surface area (Å²) < 4.78 is 10.7. The van der Waals surface area contributed by atoms with Gasteiger partial charge in [-0.1, -0.05) is 13.3 Å². The molecule has 0 aromatic heterocycles. The van der Waals surface area contributed by atoms with E-state index in [1.165, 1.54) is 19.3 Å².